The summed E-state index contributed by atoms with van der Waals surface area (Å²) < 4.78 is 28.4. The van der Waals surface area contributed by atoms with Gasteiger partial charge >= 0.3 is 0 Å². The molecule has 0 spiro atoms. The van der Waals surface area contributed by atoms with E-state index in [9.17, 15) is 18.9 Å². The third-order valence-corrected chi connectivity index (χ3v) is 4.10. The van der Waals surface area contributed by atoms with Gasteiger partial charge in [-0.2, -0.15) is 0 Å². The fraction of sp³-hybridized carbons (Fsp3) is 0.250. The van der Waals surface area contributed by atoms with Crippen LogP contribution in [0, 0.1) is 0 Å². The molecule has 0 fully saturated rings. The lowest BCUT2D eigenvalue weighted by Crippen LogP contribution is -1.85. The van der Waals surface area contributed by atoms with E-state index in [-0.39, 0.29) is 7.43 Å². The molecule has 0 bridgehead atoms. The van der Waals surface area contributed by atoms with Crippen LogP contribution in [0.5, 0.6) is 17.2 Å². The van der Waals surface area contributed by atoms with Crippen LogP contribution in [0.1, 0.15) is 27.7 Å². The van der Waals surface area contributed by atoms with Gasteiger partial charge in [0.2, 0.25) is 0 Å². The number of rotatable bonds is 7. The van der Waals surface area contributed by atoms with E-state index in [4.69, 9.17) is 0 Å². The lowest BCUT2D eigenvalue weighted by Gasteiger charge is -1.98. The van der Waals surface area contributed by atoms with E-state index in [2.05, 4.69) is 32.6 Å². The molecular formula is C28H39O8P. The smallest absolute Gasteiger partial charge is 0.298 e. The molecule has 3 aromatic rings. The number of benzene rings is 3. The number of para-hydroxylation sites is 3. The zero-order valence-electron chi connectivity index (χ0n) is 21.3. The molecule has 9 heteroatoms. The normalized spacial score (nSPS) is 8.57. The van der Waals surface area contributed by atoms with Gasteiger partial charge in [0.05, 0.1) is 0 Å². The van der Waals surface area contributed by atoms with Crippen molar-refractivity contribution in [1.29, 1.82) is 0 Å². The molecule has 0 aliphatic rings. The Kier molecular flexibility index (Phi) is 27.4. The molecule has 0 unspecified atom stereocenters. The minimum absolute atomic E-state index is 0. The summed E-state index contributed by atoms with van der Waals surface area (Å²) in [4.78, 5) is 29.3. The van der Waals surface area contributed by atoms with Crippen molar-refractivity contribution >= 4 is 26.8 Å². The zero-order valence-corrected chi connectivity index (χ0v) is 22.2. The predicted octanol–water partition coefficient (Wildman–Crippen LogP) is 6.89. The van der Waals surface area contributed by atoms with Gasteiger partial charge in [-0.05, 0) is 36.4 Å². The van der Waals surface area contributed by atoms with Crippen LogP contribution in [0.4, 0.5) is 0 Å². The highest BCUT2D eigenvalue weighted by Crippen LogP contribution is 2.35. The Hall–Kier alpha value is -3.74. The van der Waals surface area contributed by atoms with Gasteiger partial charge in [-0.15, -0.1) is 0 Å². The Balaban J connectivity index is -0.000000403. The molecule has 0 heterocycles. The molecule has 0 aliphatic carbocycles. The van der Waals surface area contributed by atoms with Crippen LogP contribution in [0.3, 0.4) is 0 Å². The highest BCUT2D eigenvalue weighted by atomic mass is 31.2. The number of carbonyl (C=O) groups excluding carboxylic acids is 3. The third-order valence-electron chi connectivity index (χ3n) is 3.22. The Morgan fingerprint density at radius 3 is 0.919 bits per heavy atom. The van der Waals surface area contributed by atoms with Crippen molar-refractivity contribution in [3.8, 4) is 17.2 Å². The van der Waals surface area contributed by atoms with Crippen LogP contribution in [-0.4, -0.2) is 39.9 Å². The Bertz CT molecular complexity index is 838. The average molecular weight is 535 g/mol. The van der Waals surface area contributed by atoms with Crippen LogP contribution in [0.25, 0.3) is 0 Å². The minimum Gasteiger partial charge on any atom is -0.429 e. The number of hydrogen-bond donors (Lipinski definition) is 0. The van der Waals surface area contributed by atoms with Crippen LogP contribution < -0.4 is 14.2 Å². The summed E-state index contributed by atoms with van der Waals surface area (Å²) in [7, 11) is -0.701. The van der Waals surface area contributed by atoms with Gasteiger partial charge in [-0.1, -0.05) is 82.3 Å². The summed E-state index contributed by atoms with van der Waals surface area (Å²) in [6.45, 7) is 8.64. The van der Waals surface area contributed by atoms with Crippen molar-refractivity contribution < 1.29 is 37.7 Å². The van der Waals surface area contributed by atoms with E-state index in [0.29, 0.717) is 36.7 Å². The van der Waals surface area contributed by atoms with E-state index >= 15 is 0 Å². The molecule has 3 rings (SSSR count). The topological polar surface area (TPSA) is 105 Å². The number of hydrogen-bond acceptors (Lipinski definition) is 8. The van der Waals surface area contributed by atoms with Crippen LogP contribution in [0.2, 0.25) is 0 Å². The summed E-state index contributed by atoms with van der Waals surface area (Å²) >= 11 is 0. The van der Waals surface area contributed by atoms with Crippen molar-refractivity contribution in [1.82, 2.24) is 0 Å². The molecule has 0 atom stereocenters. The molecule has 0 saturated heterocycles. The fourth-order valence-electron chi connectivity index (χ4n) is 1.66. The molecule has 0 aliphatic heterocycles. The van der Waals surface area contributed by atoms with Gasteiger partial charge in [0, 0.05) is 20.4 Å². The molecule has 8 nitrogen and oxygen atoms in total. The molecule has 0 amide bonds. The van der Waals surface area contributed by atoms with E-state index in [0.717, 1.165) is 0 Å². The Morgan fingerprint density at radius 1 is 0.595 bits per heavy atom. The second kappa shape index (κ2) is 26.9. The first-order chi connectivity index (χ1) is 17.3. The van der Waals surface area contributed by atoms with Gasteiger partial charge in [-0.3, -0.25) is 18.9 Å². The molecule has 3 aromatic carbocycles. The molecule has 204 valence electrons. The van der Waals surface area contributed by atoms with Crippen LogP contribution >= 0.6 is 7.37 Å². The maximum atomic E-state index is 10.4. The van der Waals surface area contributed by atoms with Crippen molar-refractivity contribution in [2.45, 2.75) is 27.7 Å². The predicted molar refractivity (Wildman–Crippen MR) is 149 cm³/mol. The van der Waals surface area contributed by atoms with Gasteiger partial charge < -0.3 is 18.7 Å². The SMILES string of the molecule is C.CCC.COP(C)(C)=O.O=COc1ccccc1.O=COc1ccccc1.O=COc1ccccc1. The minimum atomic E-state index is -2.15. The second-order valence-electron chi connectivity index (χ2n) is 6.72. The monoisotopic (exact) mass is 534 g/mol. The fourth-order valence-corrected chi connectivity index (χ4v) is 1.66. The number of ether oxygens (including phenoxy) is 3. The van der Waals surface area contributed by atoms with E-state index in [1.807, 2.05) is 18.2 Å². The van der Waals surface area contributed by atoms with Gasteiger partial charge in [0.25, 0.3) is 19.4 Å². The first-order valence-corrected chi connectivity index (χ1v) is 13.4. The quantitative estimate of drug-likeness (QED) is 0.238. The standard InChI is InChI=1S/3C7H6O2.C3H9O2P.C3H8.CH4/c3*8-6-9-7-4-2-1-3-5-7;1-5-6(2,3)4;1-3-2;/h3*1-6H;1-3H3;3H2,1-2H3;1H4. The summed E-state index contributed by atoms with van der Waals surface area (Å²) in [6, 6.07) is 26.7. The van der Waals surface area contributed by atoms with E-state index in [1.54, 1.807) is 86.1 Å². The van der Waals surface area contributed by atoms with Crippen LogP contribution in [-0.2, 0) is 23.5 Å². The zero-order chi connectivity index (χ0) is 27.5. The molecule has 0 radical (unpaired) electrons. The molecule has 0 N–H and O–H groups in total. The van der Waals surface area contributed by atoms with Crippen molar-refractivity contribution in [3.05, 3.63) is 91.0 Å². The highest BCUT2D eigenvalue weighted by molar-refractivity contribution is 7.57. The maximum Gasteiger partial charge on any atom is 0.298 e. The van der Waals surface area contributed by atoms with Crippen molar-refractivity contribution in [2.24, 2.45) is 0 Å². The lowest BCUT2D eigenvalue weighted by atomic mass is 10.3. The van der Waals surface area contributed by atoms with Gasteiger partial charge in [-0.25, -0.2) is 0 Å². The first-order valence-electron chi connectivity index (χ1n) is 10.8. The maximum absolute atomic E-state index is 10.4. The number of carbonyl (C=O) groups is 3. The largest absolute Gasteiger partial charge is 0.429 e. The second-order valence-corrected chi connectivity index (χ2v) is 9.59. The Morgan fingerprint density at radius 2 is 0.784 bits per heavy atom. The van der Waals surface area contributed by atoms with E-state index < -0.39 is 7.37 Å². The van der Waals surface area contributed by atoms with Gasteiger partial charge in [0.1, 0.15) is 17.2 Å². The Labute approximate surface area is 221 Å². The summed E-state index contributed by atoms with van der Waals surface area (Å²) in [6.07, 6.45) is 1.25. The molecular weight excluding hydrogens is 495 g/mol. The summed E-state index contributed by atoms with van der Waals surface area (Å²) in [5.74, 6) is 1.73. The third kappa shape index (κ3) is 28.4. The summed E-state index contributed by atoms with van der Waals surface area (Å²) in [5.41, 5.74) is 0. The van der Waals surface area contributed by atoms with Gasteiger partial charge in [0.15, 0.2) is 7.37 Å². The van der Waals surface area contributed by atoms with E-state index in [1.165, 1.54) is 13.5 Å². The lowest BCUT2D eigenvalue weighted by molar-refractivity contribution is -0.121. The molecule has 0 aromatic heterocycles. The molecule has 0 saturated carbocycles. The van der Waals surface area contributed by atoms with Crippen LogP contribution in [0.15, 0.2) is 91.0 Å². The summed E-state index contributed by atoms with van der Waals surface area (Å²) in [5, 5.41) is 0. The first kappa shape index (κ1) is 37.8. The highest BCUT2D eigenvalue weighted by Gasteiger charge is 1.99. The van der Waals surface area contributed by atoms with Crippen molar-refractivity contribution in [3.63, 3.8) is 0 Å². The molecule has 37 heavy (non-hydrogen) atoms. The van der Waals surface area contributed by atoms with Crippen molar-refractivity contribution in [2.75, 3.05) is 20.4 Å². The average Bonchev–Trinajstić information content (AvgIpc) is 2.88.